The Morgan fingerprint density at radius 2 is 2.00 bits per heavy atom. The highest BCUT2D eigenvalue weighted by atomic mass is 32.1. The van der Waals surface area contributed by atoms with E-state index in [1.807, 2.05) is 0 Å². The first-order valence-corrected chi connectivity index (χ1v) is 3.89. The summed E-state index contributed by atoms with van der Waals surface area (Å²) in [7, 11) is 0. The van der Waals surface area contributed by atoms with Crippen LogP contribution in [0.2, 0.25) is 0 Å². The first-order valence-electron chi connectivity index (χ1n) is 3.44. The van der Waals surface area contributed by atoms with E-state index in [1.165, 1.54) is 0 Å². The highest BCUT2D eigenvalue weighted by molar-refractivity contribution is 7.96. The fourth-order valence-electron chi connectivity index (χ4n) is 1.02. The molecule has 0 heterocycles. The Balaban J connectivity index is 2.27. The zero-order chi connectivity index (χ0) is 7.56. The van der Waals surface area contributed by atoms with Crippen LogP contribution in [0, 0.1) is 5.92 Å². The summed E-state index contributed by atoms with van der Waals surface area (Å²) < 4.78 is 0. The third-order valence-corrected chi connectivity index (χ3v) is 2.04. The molecule has 56 valence electrons. The molecule has 0 amide bonds. The highest BCUT2D eigenvalue weighted by Gasteiger charge is 2.25. The van der Waals surface area contributed by atoms with Gasteiger partial charge in [0, 0.05) is 5.92 Å². The fraction of sp³-hybridized carbons (Fsp3) is 0.714. The second-order valence-corrected chi connectivity index (χ2v) is 3.16. The monoisotopic (exact) mass is 158 g/mol. The first-order chi connectivity index (χ1) is 4.70. The number of thiol groups is 1. The number of hydrogen-bond acceptors (Lipinski definition) is 2. The van der Waals surface area contributed by atoms with E-state index in [0.29, 0.717) is 0 Å². The van der Waals surface area contributed by atoms with Crippen LogP contribution < -0.4 is 0 Å². The SMILES string of the molecule is O=C(S)CC(=O)C1CCC1. The summed E-state index contributed by atoms with van der Waals surface area (Å²) >= 11 is 3.54. The predicted molar refractivity (Wildman–Crippen MR) is 41.0 cm³/mol. The van der Waals surface area contributed by atoms with Gasteiger partial charge in [-0.2, -0.15) is 0 Å². The molecule has 1 rings (SSSR count). The predicted octanol–water partition coefficient (Wildman–Crippen LogP) is 1.20. The molecule has 0 saturated heterocycles. The third-order valence-electron chi connectivity index (χ3n) is 1.89. The average molecular weight is 158 g/mol. The number of hydrogen-bond donors (Lipinski definition) is 1. The van der Waals surface area contributed by atoms with Gasteiger partial charge in [-0.1, -0.05) is 6.42 Å². The molecule has 1 aliphatic rings. The Hall–Kier alpha value is -0.310. The zero-order valence-electron chi connectivity index (χ0n) is 5.67. The molecular formula is C7H10O2S. The minimum atomic E-state index is -0.308. The van der Waals surface area contributed by atoms with Gasteiger partial charge in [-0.25, -0.2) is 0 Å². The van der Waals surface area contributed by atoms with Crippen molar-refractivity contribution in [3.63, 3.8) is 0 Å². The molecule has 0 unspecified atom stereocenters. The molecule has 0 aromatic rings. The Morgan fingerprint density at radius 1 is 1.40 bits per heavy atom. The maximum atomic E-state index is 11.0. The van der Waals surface area contributed by atoms with Gasteiger partial charge >= 0.3 is 0 Å². The van der Waals surface area contributed by atoms with Crippen molar-refractivity contribution >= 4 is 23.5 Å². The molecule has 0 aromatic carbocycles. The standard InChI is InChI=1S/C7H10O2S/c8-6(4-7(9)10)5-2-1-3-5/h5H,1-4H2,(H,9,10). The van der Waals surface area contributed by atoms with Gasteiger partial charge in [0.2, 0.25) is 0 Å². The molecule has 0 bridgehead atoms. The van der Waals surface area contributed by atoms with Crippen molar-refractivity contribution in [2.24, 2.45) is 5.92 Å². The Bertz CT molecular complexity index is 161. The van der Waals surface area contributed by atoms with Crippen LogP contribution in [0.4, 0.5) is 0 Å². The van der Waals surface area contributed by atoms with E-state index in [4.69, 9.17) is 0 Å². The Morgan fingerprint density at radius 3 is 2.30 bits per heavy atom. The smallest absolute Gasteiger partial charge is 0.193 e. The van der Waals surface area contributed by atoms with Gasteiger partial charge in [0.15, 0.2) is 5.12 Å². The van der Waals surface area contributed by atoms with Crippen molar-refractivity contribution in [3.05, 3.63) is 0 Å². The third kappa shape index (κ3) is 1.84. The van der Waals surface area contributed by atoms with Gasteiger partial charge in [-0.3, -0.25) is 9.59 Å². The molecule has 0 aliphatic heterocycles. The minimum Gasteiger partial charge on any atom is -0.299 e. The summed E-state index contributed by atoms with van der Waals surface area (Å²) in [5.74, 6) is 0.252. The molecule has 0 N–H and O–H groups in total. The average Bonchev–Trinajstić information content (AvgIpc) is 1.55. The summed E-state index contributed by atoms with van der Waals surface area (Å²) in [5, 5.41) is -0.308. The largest absolute Gasteiger partial charge is 0.299 e. The van der Waals surface area contributed by atoms with E-state index >= 15 is 0 Å². The maximum absolute atomic E-state index is 11.0. The minimum absolute atomic E-state index is 0.0216. The summed E-state index contributed by atoms with van der Waals surface area (Å²) in [6.45, 7) is 0. The van der Waals surface area contributed by atoms with Crippen molar-refractivity contribution in [1.29, 1.82) is 0 Å². The molecule has 10 heavy (non-hydrogen) atoms. The lowest BCUT2D eigenvalue weighted by Crippen LogP contribution is -2.22. The van der Waals surface area contributed by atoms with Crippen LogP contribution in [-0.2, 0) is 9.59 Å². The normalized spacial score (nSPS) is 18.1. The second kappa shape index (κ2) is 3.19. The van der Waals surface area contributed by atoms with E-state index < -0.39 is 0 Å². The van der Waals surface area contributed by atoms with Crippen LogP contribution in [0.5, 0.6) is 0 Å². The molecule has 1 fully saturated rings. The second-order valence-electron chi connectivity index (χ2n) is 2.66. The molecule has 0 atom stereocenters. The molecule has 0 spiro atoms. The number of rotatable bonds is 3. The highest BCUT2D eigenvalue weighted by Crippen LogP contribution is 2.28. The van der Waals surface area contributed by atoms with E-state index in [2.05, 4.69) is 12.6 Å². The summed E-state index contributed by atoms with van der Waals surface area (Å²) in [6.07, 6.45) is 3.10. The Kier molecular flexibility index (Phi) is 2.49. The number of carbonyl (C=O) groups is 2. The lowest BCUT2D eigenvalue weighted by Gasteiger charge is -2.22. The fourth-order valence-corrected chi connectivity index (χ4v) is 1.18. The van der Waals surface area contributed by atoms with Crippen molar-refractivity contribution in [3.8, 4) is 0 Å². The van der Waals surface area contributed by atoms with Gasteiger partial charge in [0.25, 0.3) is 0 Å². The number of ketones is 1. The molecule has 1 aliphatic carbocycles. The van der Waals surface area contributed by atoms with Crippen molar-refractivity contribution in [2.45, 2.75) is 25.7 Å². The number of carbonyl (C=O) groups excluding carboxylic acids is 2. The van der Waals surface area contributed by atoms with Gasteiger partial charge < -0.3 is 0 Å². The van der Waals surface area contributed by atoms with Crippen LogP contribution in [-0.4, -0.2) is 10.9 Å². The molecule has 0 aromatic heterocycles. The Labute approximate surface area is 65.4 Å². The molecular weight excluding hydrogens is 148 g/mol. The van der Waals surface area contributed by atoms with Crippen LogP contribution >= 0.6 is 12.6 Å². The van der Waals surface area contributed by atoms with Crippen molar-refractivity contribution < 1.29 is 9.59 Å². The maximum Gasteiger partial charge on any atom is 0.193 e. The summed E-state index contributed by atoms with van der Waals surface area (Å²) in [4.78, 5) is 21.3. The van der Waals surface area contributed by atoms with Crippen LogP contribution in [0.1, 0.15) is 25.7 Å². The van der Waals surface area contributed by atoms with Gasteiger partial charge in [-0.05, 0) is 12.8 Å². The molecule has 1 saturated carbocycles. The van der Waals surface area contributed by atoms with E-state index in [0.717, 1.165) is 19.3 Å². The van der Waals surface area contributed by atoms with E-state index in [-0.39, 0.29) is 23.2 Å². The van der Waals surface area contributed by atoms with Crippen LogP contribution in [0.3, 0.4) is 0 Å². The van der Waals surface area contributed by atoms with E-state index in [9.17, 15) is 9.59 Å². The van der Waals surface area contributed by atoms with Gasteiger partial charge in [0.1, 0.15) is 5.78 Å². The van der Waals surface area contributed by atoms with Crippen molar-refractivity contribution in [1.82, 2.24) is 0 Å². The molecule has 2 nitrogen and oxygen atoms in total. The van der Waals surface area contributed by atoms with Gasteiger partial charge in [-0.15, -0.1) is 12.6 Å². The first kappa shape index (κ1) is 7.79. The van der Waals surface area contributed by atoms with Crippen LogP contribution in [0.25, 0.3) is 0 Å². The summed E-state index contributed by atoms with van der Waals surface area (Å²) in [6, 6.07) is 0. The number of Topliss-reactive ketones (excluding diaryl/α,β-unsaturated/α-hetero) is 1. The van der Waals surface area contributed by atoms with Gasteiger partial charge in [0.05, 0.1) is 6.42 Å². The molecule has 3 heteroatoms. The zero-order valence-corrected chi connectivity index (χ0v) is 6.56. The summed E-state index contributed by atoms with van der Waals surface area (Å²) in [5.41, 5.74) is 0. The quantitative estimate of drug-likeness (QED) is 0.494. The topological polar surface area (TPSA) is 34.1 Å². The molecule has 0 radical (unpaired) electrons. The van der Waals surface area contributed by atoms with Crippen LogP contribution in [0.15, 0.2) is 0 Å². The van der Waals surface area contributed by atoms with Crippen molar-refractivity contribution in [2.75, 3.05) is 0 Å². The lowest BCUT2D eigenvalue weighted by molar-refractivity contribution is -0.128. The lowest BCUT2D eigenvalue weighted by atomic mass is 9.81. The van der Waals surface area contributed by atoms with E-state index in [1.54, 1.807) is 0 Å².